The van der Waals surface area contributed by atoms with Gasteiger partial charge in [0.2, 0.25) is 0 Å². The number of aliphatic hydroxyl groups is 1. The van der Waals surface area contributed by atoms with Crippen LogP contribution in [0.3, 0.4) is 0 Å². The highest BCUT2D eigenvalue weighted by atomic mass is 32.1. The fraction of sp³-hybridized carbons (Fsp3) is 0.273. The number of rotatable bonds is 4. The molecule has 0 bridgehead atoms. The van der Waals surface area contributed by atoms with Crippen LogP contribution in [0.25, 0.3) is 0 Å². The zero-order valence-corrected chi connectivity index (χ0v) is 9.32. The molecular formula is C11H11NO3S. The van der Waals surface area contributed by atoms with E-state index in [9.17, 15) is 9.90 Å². The van der Waals surface area contributed by atoms with Crippen molar-refractivity contribution in [3.05, 3.63) is 29.3 Å². The van der Waals surface area contributed by atoms with Crippen molar-refractivity contribution >= 4 is 18.6 Å². The van der Waals surface area contributed by atoms with Crippen LogP contribution in [0.2, 0.25) is 0 Å². The monoisotopic (exact) mass is 237 g/mol. The van der Waals surface area contributed by atoms with Gasteiger partial charge in [-0.3, -0.25) is 0 Å². The molecule has 0 fully saturated rings. The molecule has 0 radical (unpaired) electrons. The first-order valence-corrected chi connectivity index (χ1v) is 5.11. The molecule has 0 aliphatic heterocycles. The van der Waals surface area contributed by atoms with E-state index >= 15 is 0 Å². The number of thiol groups is 1. The highest BCUT2D eigenvalue weighted by Crippen LogP contribution is 2.25. The molecule has 4 nitrogen and oxygen atoms in total. The second-order valence-electron chi connectivity index (χ2n) is 3.24. The van der Waals surface area contributed by atoms with E-state index in [4.69, 9.17) is 10.4 Å². The Morgan fingerprint density at radius 3 is 2.81 bits per heavy atom. The number of benzene rings is 1. The summed E-state index contributed by atoms with van der Waals surface area (Å²) in [7, 11) is 0. The summed E-state index contributed by atoms with van der Waals surface area (Å²) in [4.78, 5) is 11.3. The second kappa shape index (κ2) is 5.54. The summed E-state index contributed by atoms with van der Waals surface area (Å²) in [6, 6.07) is 6.84. The van der Waals surface area contributed by atoms with Gasteiger partial charge in [-0.2, -0.15) is 5.26 Å². The third-order valence-corrected chi connectivity index (χ3v) is 2.62. The van der Waals surface area contributed by atoms with E-state index in [1.807, 2.05) is 6.07 Å². The summed E-state index contributed by atoms with van der Waals surface area (Å²) in [5.41, 5.74) is 0.914. The lowest BCUT2D eigenvalue weighted by atomic mass is 9.99. The van der Waals surface area contributed by atoms with Crippen LogP contribution in [0.15, 0.2) is 23.1 Å². The van der Waals surface area contributed by atoms with E-state index in [-0.39, 0.29) is 6.42 Å². The molecule has 1 atom stereocenters. The van der Waals surface area contributed by atoms with Gasteiger partial charge in [-0.05, 0) is 23.6 Å². The average molecular weight is 237 g/mol. The summed E-state index contributed by atoms with van der Waals surface area (Å²) in [5, 5.41) is 26.7. The molecule has 1 rings (SSSR count). The Labute approximate surface area is 98.6 Å². The lowest BCUT2D eigenvalue weighted by molar-refractivity contribution is -0.147. The molecule has 0 aliphatic rings. The van der Waals surface area contributed by atoms with Crippen molar-refractivity contribution in [3.8, 4) is 6.07 Å². The topological polar surface area (TPSA) is 81.3 Å². The van der Waals surface area contributed by atoms with Crippen molar-refractivity contribution in [2.45, 2.75) is 23.8 Å². The summed E-state index contributed by atoms with van der Waals surface area (Å²) in [6.07, 6.45) is -0.923. The summed E-state index contributed by atoms with van der Waals surface area (Å²) < 4.78 is 0. The molecule has 16 heavy (non-hydrogen) atoms. The molecule has 2 N–H and O–H groups in total. The number of aliphatic hydroxyl groups excluding tert-OH is 1. The molecule has 0 aliphatic carbocycles. The molecule has 84 valence electrons. The summed E-state index contributed by atoms with van der Waals surface area (Å²) >= 11 is 4.19. The van der Waals surface area contributed by atoms with Crippen molar-refractivity contribution in [2.24, 2.45) is 0 Å². The van der Waals surface area contributed by atoms with Gasteiger partial charge < -0.3 is 10.2 Å². The van der Waals surface area contributed by atoms with Crippen LogP contribution in [-0.2, 0) is 11.2 Å². The quantitative estimate of drug-likeness (QED) is 0.694. The first kappa shape index (κ1) is 12.6. The maximum Gasteiger partial charge on any atom is 0.337 e. The molecule has 1 aromatic carbocycles. The highest BCUT2D eigenvalue weighted by molar-refractivity contribution is 7.80. The normalized spacial score (nSPS) is 11.8. The average Bonchev–Trinajstić information content (AvgIpc) is 2.26. The van der Waals surface area contributed by atoms with Crippen molar-refractivity contribution in [3.63, 3.8) is 0 Å². The molecule has 1 unspecified atom stereocenters. The number of aliphatic carboxylic acids is 1. The van der Waals surface area contributed by atoms with Crippen molar-refractivity contribution < 1.29 is 15.0 Å². The molecule has 0 aromatic heterocycles. The SMILES string of the molecule is N#CCCc1c(S)cccc1C(O)C(=O)O. The first-order chi connectivity index (χ1) is 7.57. The fourth-order valence-electron chi connectivity index (χ4n) is 1.43. The fourth-order valence-corrected chi connectivity index (χ4v) is 1.76. The van der Waals surface area contributed by atoms with Crippen LogP contribution >= 0.6 is 12.6 Å². The number of hydrogen-bond acceptors (Lipinski definition) is 4. The number of carboxylic acid groups (broad SMARTS) is 1. The number of nitrogens with zero attached hydrogens (tertiary/aromatic N) is 1. The van der Waals surface area contributed by atoms with E-state index in [0.29, 0.717) is 22.4 Å². The van der Waals surface area contributed by atoms with Crippen LogP contribution in [0, 0.1) is 11.3 Å². The van der Waals surface area contributed by atoms with Gasteiger partial charge in [-0.1, -0.05) is 12.1 Å². The number of nitriles is 1. The third-order valence-electron chi connectivity index (χ3n) is 2.20. The zero-order chi connectivity index (χ0) is 12.1. The van der Waals surface area contributed by atoms with E-state index in [0.717, 1.165) is 0 Å². The van der Waals surface area contributed by atoms with Crippen LogP contribution < -0.4 is 0 Å². The minimum atomic E-state index is -1.57. The Balaban J connectivity index is 3.12. The van der Waals surface area contributed by atoms with Gasteiger partial charge in [0.1, 0.15) is 0 Å². The van der Waals surface area contributed by atoms with Gasteiger partial charge in [-0.15, -0.1) is 12.6 Å². The highest BCUT2D eigenvalue weighted by Gasteiger charge is 2.20. The molecular weight excluding hydrogens is 226 g/mol. The third kappa shape index (κ3) is 2.75. The molecule has 0 spiro atoms. The van der Waals surface area contributed by atoms with Crippen LogP contribution in [0.1, 0.15) is 23.7 Å². The predicted molar refractivity (Wildman–Crippen MR) is 60.2 cm³/mol. The zero-order valence-electron chi connectivity index (χ0n) is 8.42. The van der Waals surface area contributed by atoms with Crippen LogP contribution in [-0.4, -0.2) is 16.2 Å². The smallest absolute Gasteiger partial charge is 0.337 e. The van der Waals surface area contributed by atoms with Gasteiger partial charge in [0.05, 0.1) is 6.07 Å². The Hall–Kier alpha value is -1.51. The van der Waals surface area contributed by atoms with Crippen LogP contribution in [0.5, 0.6) is 0 Å². The predicted octanol–water partition coefficient (Wildman–Crippen LogP) is 1.55. The lowest BCUT2D eigenvalue weighted by Gasteiger charge is -2.13. The number of hydrogen-bond donors (Lipinski definition) is 3. The lowest BCUT2D eigenvalue weighted by Crippen LogP contribution is -2.13. The van der Waals surface area contributed by atoms with Gasteiger partial charge in [-0.25, -0.2) is 4.79 Å². The Bertz CT molecular complexity index is 439. The Morgan fingerprint density at radius 1 is 1.56 bits per heavy atom. The summed E-state index contributed by atoms with van der Waals surface area (Å²) in [5.74, 6) is -1.31. The van der Waals surface area contributed by atoms with Crippen molar-refractivity contribution in [1.82, 2.24) is 0 Å². The van der Waals surface area contributed by atoms with Gasteiger partial charge >= 0.3 is 5.97 Å². The molecule has 0 saturated heterocycles. The standard InChI is InChI=1S/C11H11NO3S/c12-6-2-4-7-8(10(13)11(14)15)3-1-5-9(7)16/h1,3,5,10,13,16H,2,4H2,(H,14,15). The minimum Gasteiger partial charge on any atom is -0.479 e. The van der Waals surface area contributed by atoms with Gasteiger partial charge in [0.25, 0.3) is 0 Å². The number of carboxylic acids is 1. The van der Waals surface area contributed by atoms with Gasteiger partial charge in [0.15, 0.2) is 6.10 Å². The van der Waals surface area contributed by atoms with E-state index in [2.05, 4.69) is 12.6 Å². The minimum absolute atomic E-state index is 0.261. The van der Waals surface area contributed by atoms with E-state index in [1.54, 1.807) is 12.1 Å². The van der Waals surface area contributed by atoms with E-state index < -0.39 is 12.1 Å². The molecule has 0 saturated carbocycles. The molecule has 0 amide bonds. The number of carbonyl (C=O) groups is 1. The molecule has 0 heterocycles. The van der Waals surface area contributed by atoms with Crippen LogP contribution in [0.4, 0.5) is 0 Å². The second-order valence-corrected chi connectivity index (χ2v) is 3.73. The Morgan fingerprint density at radius 2 is 2.25 bits per heavy atom. The maximum absolute atomic E-state index is 10.7. The Kier molecular flexibility index (Phi) is 4.35. The first-order valence-electron chi connectivity index (χ1n) is 4.66. The largest absolute Gasteiger partial charge is 0.479 e. The molecule has 1 aromatic rings. The summed E-state index contributed by atoms with van der Waals surface area (Å²) in [6.45, 7) is 0. The molecule has 5 heteroatoms. The van der Waals surface area contributed by atoms with E-state index in [1.165, 1.54) is 6.07 Å². The van der Waals surface area contributed by atoms with Gasteiger partial charge in [0, 0.05) is 11.3 Å². The maximum atomic E-state index is 10.7. The van der Waals surface area contributed by atoms with Crippen molar-refractivity contribution in [2.75, 3.05) is 0 Å². The van der Waals surface area contributed by atoms with Crippen molar-refractivity contribution in [1.29, 1.82) is 5.26 Å².